The summed E-state index contributed by atoms with van der Waals surface area (Å²) in [6.45, 7) is 6.86. The zero-order chi connectivity index (χ0) is 32.0. The highest BCUT2D eigenvalue weighted by molar-refractivity contribution is 6.11. The fourth-order valence-electron chi connectivity index (χ4n) is 8.27. The second-order valence-electron chi connectivity index (χ2n) is 13.5. The largest absolute Gasteiger partial charge is 0.460 e. The third kappa shape index (κ3) is 3.79. The van der Waals surface area contributed by atoms with Crippen molar-refractivity contribution in [3.8, 4) is 23.3 Å². The standard InChI is InChI=1S/C43H31N3O/c1-25-19-40-34(29-16-17-36-41(42(29)47-40)30-11-4-6-12-35(30)43(36,2)3)22-31(25)33-20-26(23-44)9-8-14-38(33)46-37-13-7-5-10-28(37)32-21-27(24-45)15-18-39(32)46/h4-7,9-18,20-22,25H,8,19H2,1-3H3. The maximum Gasteiger partial charge on any atom is 0.143 e. The van der Waals surface area contributed by atoms with Gasteiger partial charge in [-0.25, -0.2) is 0 Å². The highest BCUT2D eigenvalue weighted by Gasteiger charge is 2.38. The summed E-state index contributed by atoms with van der Waals surface area (Å²) in [5.41, 5.74) is 13.8. The number of furan rings is 1. The molecule has 9 rings (SSSR count). The SMILES string of the molecule is CC1Cc2oc3c4c(ccc3c2C=C1C1=CC(C#N)=CCC=C1n1c2ccccc2c2cc(C#N)ccc21)C(C)(C)c1ccccc1-4. The number of hydrogen-bond acceptors (Lipinski definition) is 3. The van der Waals surface area contributed by atoms with Crippen molar-refractivity contribution in [1.29, 1.82) is 10.5 Å². The highest BCUT2D eigenvalue weighted by Crippen LogP contribution is 2.53. The van der Waals surface area contributed by atoms with Crippen LogP contribution >= 0.6 is 0 Å². The minimum absolute atomic E-state index is 0.0943. The maximum absolute atomic E-state index is 10.1. The van der Waals surface area contributed by atoms with E-state index in [0.29, 0.717) is 17.6 Å². The summed E-state index contributed by atoms with van der Waals surface area (Å²) in [7, 11) is 0. The zero-order valence-electron chi connectivity index (χ0n) is 26.6. The average molecular weight is 606 g/mol. The Morgan fingerprint density at radius 2 is 1.62 bits per heavy atom. The van der Waals surface area contributed by atoms with E-state index in [0.717, 1.165) is 61.8 Å². The smallest absolute Gasteiger partial charge is 0.143 e. The van der Waals surface area contributed by atoms with Gasteiger partial charge in [0.05, 0.1) is 34.4 Å². The second kappa shape index (κ2) is 9.83. The van der Waals surface area contributed by atoms with Crippen molar-refractivity contribution < 1.29 is 4.42 Å². The second-order valence-corrected chi connectivity index (χ2v) is 13.5. The van der Waals surface area contributed by atoms with Gasteiger partial charge in [0.1, 0.15) is 11.3 Å². The van der Waals surface area contributed by atoms with Crippen molar-refractivity contribution >= 4 is 44.5 Å². The van der Waals surface area contributed by atoms with Crippen LogP contribution in [0.25, 0.3) is 55.7 Å². The highest BCUT2D eigenvalue weighted by atomic mass is 16.3. The van der Waals surface area contributed by atoms with Crippen LogP contribution < -0.4 is 0 Å². The molecule has 0 N–H and O–H groups in total. The molecule has 0 radical (unpaired) electrons. The minimum atomic E-state index is -0.0943. The number of nitrogens with zero attached hydrogens (tertiary/aromatic N) is 3. The molecule has 1 atom stereocenters. The molecule has 6 aromatic rings. The summed E-state index contributed by atoms with van der Waals surface area (Å²) in [5.74, 6) is 1.18. The molecule has 4 aromatic carbocycles. The lowest BCUT2D eigenvalue weighted by molar-refractivity contribution is 0.506. The molecule has 0 fully saturated rings. The Bertz CT molecular complexity index is 2580. The maximum atomic E-state index is 10.1. The molecule has 2 heterocycles. The predicted molar refractivity (Wildman–Crippen MR) is 189 cm³/mol. The Hall–Kier alpha value is -5.84. The summed E-state index contributed by atoms with van der Waals surface area (Å²) >= 11 is 0. The third-order valence-corrected chi connectivity index (χ3v) is 10.5. The lowest BCUT2D eigenvalue weighted by Crippen LogP contribution is -2.14. The first-order valence-electron chi connectivity index (χ1n) is 16.3. The average Bonchev–Trinajstić information content (AvgIpc) is 3.62. The molecule has 2 aromatic heterocycles. The normalized spacial score (nSPS) is 17.9. The molecule has 0 aliphatic heterocycles. The number of hydrogen-bond donors (Lipinski definition) is 0. The van der Waals surface area contributed by atoms with Gasteiger partial charge in [-0.2, -0.15) is 10.5 Å². The monoisotopic (exact) mass is 605 g/mol. The van der Waals surface area contributed by atoms with E-state index in [-0.39, 0.29) is 11.3 Å². The molecule has 0 spiro atoms. The van der Waals surface area contributed by atoms with E-state index in [1.165, 1.54) is 27.8 Å². The molecule has 1 unspecified atom stereocenters. The topological polar surface area (TPSA) is 65.7 Å². The number of fused-ring (bicyclic) bond motifs is 10. The van der Waals surface area contributed by atoms with Crippen molar-refractivity contribution in [2.45, 2.75) is 39.0 Å². The van der Waals surface area contributed by atoms with Crippen molar-refractivity contribution in [3.05, 3.63) is 142 Å². The quantitative estimate of drug-likeness (QED) is 0.197. The number of aromatic nitrogens is 1. The van der Waals surface area contributed by atoms with E-state index in [4.69, 9.17) is 4.42 Å². The molecule has 3 aliphatic rings. The minimum Gasteiger partial charge on any atom is -0.460 e. The van der Waals surface area contributed by atoms with Crippen LogP contribution in [0.4, 0.5) is 0 Å². The Morgan fingerprint density at radius 3 is 2.47 bits per heavy atom. The molecule has 0 bridgehead atoms. The summed E-state index contributed by atoms with van der Waals surface area (Å²) in [4.78, 5) is 0. The van der Waals surface area contributed by atoms with Crippen molar-refractivity contribution in [2.24, 2.45) is 5.92 Å². The molecule has 3 aliphatic carbocycles. The summed E-state index contributed by atoms with van der Waals surface area (Å²) in [5, 5.41) is 23.1. The molecule has 0 saturated carbocycles. The Balaban J connectivity index is 1.28. The van der Waals surface area contributed by atoms with Crippen LogP contribution in [0.1, 0.15) is 55.2 Å². The van der Waals surface area contributed by atoms with E-state index in [1.807, 2.05) is 24.3 Å². The lowest BCUT2D eigenvalue weighted by atomic mass is 9.81. The fraction of sp³-hybridized carbons (Fsp3) is 0.163. The Labute approximate surface area is 273 Å². The van der Waals surface area contributed by atoms with Crippen molar-refractivity contribution in [3.63, 3.8) is 0 Å². The lowest BCUT2D eigenvalue weighted by Gasteiger charge is -2.25. The van der Waals surface area contributed by atoms with Gasteiger partial charge in [0.25, 0.3) is 0 Å². The van der Waals surface area contributed by atoms with Gasteiger partial charge in [-0.3, -0.25) is 0 Å². The van der Waals surface area contributed by atoms with E-state index in [2.05, 4.69) is 116 Å². The predicted octanol–water partition coefficient (Wildman–Crippen LogP) is 10.6. The third-order valence-electron chi connectivity index (χ3n) is 10.5. The molecule has 47 heavy (non-hydrogen) atoms. The number of para-hydroxylation sites is 1. The van der Waals surface area contributed by atoms with E-state index in [1.54, 1.807) is 0 Å². The van der Waals surface area contributed by atoms with Gasteiger partial charge in [0, 0.05) is 50.3 Å². The van der Waals surface area contributed by atoms with Crippen molar-refractivity contribution in [1.82, 2.24) is 4.57 Å². The number of nitriles is 2. The molecular formula is C43H31N3O. The number of rotatable bonds is 2. The molecular weight excluding hydrogens is 574 g/mol. The fourth-order valence-corrected chi connectivity index (χ4v) is 8.27. The summed E-state index contributed by atoms with van der Waals surface area (Å²) in [6, 6.07) is 32.3. The summed E-state index contributed by atoms with van der Waals surface area (Å²) in [6.07, 6.45) is 10.0. The summed E-state index contributed by atoms with van der Waals surface area (Å²) < 4.78 is 9.13. The van der Waals surface area contributed by atoms with Crippen LogP contribution in [-0.2, 0) is 11.8 Å². The van der Waals surface area contributed by atoms with Crippen LogP contribution in [-0.4, -0.2) is 4.57 Å². The van der Waals surface area contributed by atoms with Crippen molar-refractivity contribution in [2.75, 3.05) is 0 Å². The van der Waals surface area contributed by atoms with Gasteiger partial charge in [-0.05, 0) is 71.0 Å². The van der Waals surface area contributed by atoms with Crippen LogP contribution in [0, 0.1) is 28.6 Å². The number of allylic oxidation sites excluding steroid dienone is 7. The van der Waals surface area contributed by atoms with Crippen LogP contribution in [0.5, 0.6) is 0 Å². The Morgan fingerprint density at radius 1 is 0.809 bits per heavy atom. The molecule has 0 saturated heterocycles. The van der Waals surface area contributed by atoms with E-state index >= 15 is 0 Å². The zero-order valence-corrected chi connectivity index (χ0v) is 26.6. The van der Waals surface area contributed by atoms with Gasteiger partial charge in [-0.1, -0.05) is 87.5 Å². The van der Waals surface area contributed by atoms with Gasteiger partial charge < -0.3 is 8.98 Å². The van der Waals surface area contributed by atoms with Crippen LogP contribution in [0.3, 0.4) is 0 Å². The molecule has 4 heteroatoms. The van der Waals surface area contributed by atoms with Gasteiger partial charge in [0.2, 0.25) is 0 Å². The van der Waals surface area contributed by atoms with E-state index in [9.17, 15) is 10.5 Å². The molecule has 0 amide bonds. The van der Waals surface area contributed by atoms with Crippen LogP contribution in [0.2, 0.25) is 0 Å². The first kappa shape index (κ1) is 27.5. The first-order valence-corrected chi connectivity index (χ1v) is 16.3. The Kier molecular flexibility index (Phi) is 5.74. The van der Waals surface area contributed by atoms with E-state index < -0.39 is 0 Å². The van der Waals surface area contributed by atoms with Gasteiger partial charge >= 0.3 is 0 Å². The molecule has 4 nitrogen and oxygen atoms in total. The number of benzene rings is 4. The molecule has 224 valence electrons. The first-order chi connectivity index (χ1) is 22.9. The van der Waals surface area contributed by atoms with Gasteiger partial charge in [0.15, 0.2) is 0 Å². The van der Waals surface area contributed by atoms with Gasteiger partial charge in [-0.15, -0.1) is 0 Å². The van der Waals surface area contributed by atoms with Crippen LogP contribution in [0.15, 0.2) is 118 Å².